The van der Waals surface area contributed by atoms with Crippen molar-refractivity contribution in [3.05, 3.63) is 0 Å². The lowest BCUT2D eigenvalue weighted by atomic mass is 10.2. The highest BCUT2D eigenvalue weighted by Gasteiger charge is 2.23. The van der Waals surface area contributed by atoms with Gasteiger partial charge in [-0.2, -0.15) is 0 Å². The van der Waals surface area contributed by atoms with Gasteiger partial charge < -0.3 is 10.1 Å². The molecule has 0 spiro atoms. The van der Waals surface area contributed by atoms with Crippen molar-refractivity contribution in [2.75, 3.05) is 26.2 Å². The highest BCUT2D eigenvalue weighted by molar-refractivity contribution is 5.82. The zero-order chi connectivity index (χ0) is 10.6. The van der Waals surface area contributed by atoms with E-state index in [-0.39, 0.29) is 12.5 Å². The van der Waals surface area contributed by atoms with Gasteiger partial charge in [-0.1, -0.05) is 13.8 Å². The first-order chi connectivity index (χ1) is 6.59. The number of rotatable bonds is 4. The van der Waals surface area contributed by atoms with Gasteiger partial charge in [-0.3, -0.25) is 9.69 Å². The molecule has 0 aromatic carbocycles. The van der Waals surface area contributed by atoms with Crippen LogP contribution >= 0.6 is 0 Å². The van der Waals surface area contributed by atoms with Gasteiger partial charge in [0.25, 0.3) is 0 Å². The summed E-state index contributed by atoms with van der Waals surface area (Å²) in [5.41, 5.74) is 0. The molecule has 1 aliphatic rings. The second-order valence-corrected chi connectivity index (χ2v) is 3.73. The number of carbonyl (C=O) groups excluding carboxylic acids is 2. The monoisotopic (exact) mass is 200 g/mol. The van der Waals surface area contributed by atoms with Crippen LogP contribution in [0.1, 0.15) is 13.8 Å². The quantitative estimate of drug-likeness (QED) is 0.705. The van der Waals surface area contributed by atoms with Gasteiger partial charge in [0.1, 0.15) is 13.2 Å². The van der Waals surface area contributed by atoms with Crippen molar-refractivity contribution in [3.8, 4) is 0 Å². The molecular weight excluding hydrogens is 184 g/mol. The lowest BCUT2D eigenvalue weighted by Gasteiger charge is -2.13. The number of carbonyl (C=O) groups is 2. The number of nitrogens with zero attached hydrogens (tertiary/aromatic N) is 1. The smallest absolute Gasteiger partial charge is 0.410 e. The molecule has 0 aliphatic carbocycles. The highest BCUT2D eigenvalue weighted by Crippen LogP contribution is 2.01. The second kappa shape index (κ2) is 4.83. The van der Waals surface area contributed by atoms with Gasteiger partial charge in [0.15, 0.2) is 0 Å². The predicted molar refractivity (Wildman–Crippen MR) is 50.8 cm³/mol. The second-order valence-electron chi connectivity index (χ2n) is 3.73. The van der Waals surface area contributed by atoms with E-state index in [1.807, 2.05) is 13.8 Å². The van der Waals surface area contributed by atoms with Crippen LogP contribution in [0.15, 0.2) is 0 Å². The molecule has 0 aromatic heterocycles. The van der Waals surface area contributed by atoms with Crippen molar-refractivity contribution in [2.24, 2.45) is 5.92 Å². The Balaban J connectivity index is 2.23. The summed E-state index contributed by atoms with van der Waals surface area (Å²) in [4.78, 5) is 23.7. The average molecular weight is 200 g/mol. The molecule has 2 amide bonds. The third-order valence-electron chi connectivity index (χ3n) is 1.89. The maximum absolute atomic E-state index is 11.3. The van der Waals surface area contributed by atoms with Gasteiger partial charge in [0.2, 0.25) is 5.91 Å². The summed E-state index contributed by atoms with van der Waals surface area (Å²) in [7, 11) is 0. The molecule has 0 saturated carbocycles. The Hall–Kier alpha value is -1.26. The van der Waals surface area contributed by atoms with Crippen molar-refractivity contribution in [1.29, 1.82) is 0 Å². The van der Waals surface area contributed by atoms with Crippen LogP contribution in [0, 0.1) is 5.92 Å². The van der Waals surface area contributed by atoms with Crippen molar-refractivity contribution >= 4 is 12.0 Å². The van der Waals surface area contributed by atoms with Crippen molar-refractivity contribution in [3.63, 3.8) is 0 Å². The molecule has 0 atom stereocenters. The lowest BCUT2D eigenvalue weighted by molar-refractivity contribution is -0.121. The third kappa shape index (κ3) is 3.24. The number of nitrogens with one attached hydrogen (secondary N) is 1. The van der Waals surface area contributed by atoms with Crippen LogP contribution in [0.5, 0.6) is 0 Å². The van der Waals surface area contributed by atoms with Crippen molar-refractivity contribution in [1.82, 2.24) is 10.2 Å². The molecule has 1 rings (SSSR count). The molecule has 0 bridgehead atoms. The van der Waals surface area contributed by atoms with Gasteiger partial charge in [-0.05, 0) is 5.92 Å². The minimum absolute atomic E-state index is 0.103. The molecule has 1 saturated heterocycles. The van der Waals surface area contributed by atoms with Crippen LogP contribution in [0.4, 0.5) is 4.79 Å². The molecule has 1 fully saturated rings. The van der Waals surface area contributed by atoms with E-state index in [1.54, 1.807) is 0 Å². The van der Waals surface area contributed by atoms with E-state index in [4.69, 9.17) is 4.74 Å². The topological polar surface area (TPSA) is 58.6 Å². The average Bonchev–Trinajstić information content (AvgIpc) is 2.49. The summed E-state index contributed by atoms with van der Waals surface area (Å²) in [5.74, 6) is 0.294. The first-order valence-corrected chi connectivity index (χ1v) is 4.78. The minimum Gasteiger partial charge on any atom is -0.448 e. The minimum atomic E-state index is -0.398. The molecule has 0 unspecified atom stereocenters. The largest absolute Gasteiger partial charge is 0.448 e. The lowest BCUT2D eigenvalue weighted by Crippen LogP contribution is -2.38. The zero-order valence-corrected chi connectivity index (χ0v) is 8.58. The van der Waals surface area contributed by atoms with E-state index in [9.17, 15) is 9.59 Å². The SMILES string of the molecule is CC(C)CNC(=O)CN1CCOC1=O. The van der Waals surface area contributed by atoms with E-state index in [2.05, 4.69) is 5.32 Å². The Labute approximate surface area is 83.4 Å². The van der Waals surface area contributed by atoms with Crippen LogP contribution in [-0.2, 0) is 9.53 Å². The Morgan fingerprint density at radius 2 is 2.36 bits per heavy atom. The summed E-state index contributed by atoms with van der Waals surface area (Å²) >= 11 is 0. The van der Waals surface area contributed by atoms with Crippen LogP contribution in [0.25, 0.3) is 0 Å². The molecule has 0 aromatic rings. The Kier molecular flexibility index (Phi) is 3.73. The fraction of sp³-hybridized carbons (Fsp3) is 0.778. The summed E-state index contributed by atoms with van der Waals surface area (Å²) in [6.45, 7) is 5.67. The van der Waals surface area contributed by atoms with E-state index >= 15 is 0 Å². The molecule has 80 valence electrons. The number of hydrogen-bond acceptors (Lipinski definition) is 3. The normalized spacial score (nSPS) is 15.9. The van der Waals surface area contributed by atoms with Crippen LogP contribution in [0.3, 0.4) is 0 Å². The summed E-state index contributed by atoms with van der Waals surface area (Å²) in [5, 5.41) is 2.74. The molecule has 1 aliphatic heterocycles. The van der Waals surface area contributed by atoms with E-state index in [0.717, 1.165) is 0 Å². The summed E-state index contributed by atoms with van der Waals surface area (Å²) < 4.78 is 4.70. The number of ether oxygens (including phenoxy) is 1. The molecular formula is C9H16N2O3. The predicted octanol–water partition coefficient (Wildman–Crippen LogP) is 0.211. The maximum Gasteiger partial charge on any atom is 0.410 e. The number of amides is 2. The zero-order valence-electron chi connectivity index (χ0n) is 8.58. The van der Waals surface area contributed by atoms with Crippen LogP contribution in [-0.4, -0.2) is 43.1 Å². The maximum atomic E-state index is 11.3. The molecule has 5 nitrogen and oxygen atoms in total. The van der Waals surface area contributed by atoms with E-state index in [1.165, 1.54) is 4.90 Å². The molecule has 1 N–H and O–H groups in total. The van der Waals surface area contributed by atoms with Crippen LogP contribution in [0.2, 0.25) is 0 Å². The molecule has 14 heavy (non-hydrogen) atoms. The summed E-state index contributed by atoms with van der Waals surface area (Å²) in [6.07, 6.45) is -0.398. The Morgan fingerprint density at radius 3 is 2.86 bits per heavy atom. The van der Waals surface area contributed by atoms with Gasteiger partial charge in [0, 0.05) is 6.54 Å². The fourth-order valence-corrected chi connectivity index (χ4v) is 1.12. The molecule has 0 radical (unpaired) electrons. The molecule has 5 heteroatoms. The van der Waals surface area contributed by atoms with Gasteiger partial charge in [-0.15, -0.1) is 0 Å². The van der Waals surface area contributed by atoms with E-state index < -0.39 is 6.09 Å². The number of cyclic esters (lactones) is 1. The highest BCUT2D eigenvalue weighted by atomic mass is 16.6. The first-order valence-electron chi connectivity index (χ1n) is 4.78. The molecule has 1 heterocycles. The Morgan fingerprint density at radius 1 is 1.64 bits per heavy atom. The van der Waals surface area contributed by atoms with Crippen LogP contribution < -0.4 is 5.32 Å². The van der Waals surface area contributed by atoms with Crippen molar-refractivity contribution < 1.29 is 14.3 Å². The van der Waals surface area contributed by atoms with Gasteiger partial charge in [-0.25, -0.2) is 4.79 Å². The van der Waals surface area contributed by atoms with Gasteiger partial charge >= 0.3 is 6.09 Å². The number of hydrogen-bond donors (Lipinski definition) is 1. The first kappa shape index (κ1) is 10.8. The fourth-order valence-electron chi connectivity index (χ4n) is 1.12. The van der Waals surface area contributed by atoms with E-state index in [0.29, 0.717) is 25.6 Å². The van der Waals surface area contributed by atoms with Crippen molar-refractivity contribution in [2.45, 2.75) is 13.8 Å². The van der Waals surface area contributed by atoms with Gasteiger partial charge in [0.05, 0.1) is 6.54 Å². The summed E-state index contributed by atoms with van der Waals surface area (Å²) in [6, 6.07) is 0. The Bertz CT molecular complexity index is 228. The standard InChI is InChI=1S/C9H16N2O3/c1-7(2)5-10-8(12)6-11-3-4-14-9(11)13/h7H,3-6H2,1-2H3,(H,10,12). The third-order valence-corrected chi connectivity index (χ3v) is 1.89.